The summed E-state index contributed by atoms with van der Waals surface area (Å²) in [5.74, 6) is 0. The molecule has 2 rings (SSSR count). The molecular formula is C10H15ClN2S. The van der Waals surface area contributed by atoms with E-state index in [0.29, 0.717) is 6.04 Å². The maximum absolute atomic E-state index is 6.25. The molecule has 1 aliphatic heterocycles. The van der Waals surface area contributed by atoms with E-state index < -0.39 is 0 Å². The third-order valence-electron chi connectivity index (χ3n) is 2.75. The summed E-state index contributed by atoms with van der Waals surface area (Å²) in [4.78, 5) is 6.84. The highest BCUT2D eigenvalue weighted by Crippen LogP contribution is 2.29. The lowest BCUT2D eigenvalue weighted by Crippen LogP contribution is -2.44. The van der Waals surface area contributed by atoms with Crippen LogP contribution in [-0.4, -0.2) is 22.9 Å². The Morgan fingerprint density at radius 1 is 1.64 bits per heavy atom. The van der Waals surface area contributed by atoms with Crippen molar-refractivity contribution < 1.29 is 0 Å². The summed E-state index contributed by atoms with van der Waals surface area (Å²) in [6.07, 6.45) is 2.31. The van der Waals surface area contributed by atoms with Crippen LogP contribution >= 0.6 is 22.9 Å². The van der Waals surface area contributed by atoms with E-state index in [1.165, 1.54) is 6.42 Å². The highest BCUT2D eigenvalue weighted by molar-refractivity contribution is 7.13. The first-order valence-corrected chi connectivity index (χ1v) is 6.33. The number of halogens is 1. The first-order chi connectivity index (χ1) is 6.68. The Hall–Kier alpha value is -0.280. The fourth-order valence-corrected chi connectivity index (χ4v) is 3.05. The number of aromatic nitrogens is 1. The lowest BCUT2D eigenvalue weighted by atomic mass is 10.0. The molecule has 0 N–H and O–H groups in total. The average Bonchev–Trinajstić information content (AvgIpc) is 2.57. The van der Waals surface area contributed by atoms with Crippen LogP contribution in [0.2, 0.25) is 0 Å². The number of hydrogen-bond donors (Lipinski definition) is 0. The Balaban J connectivity index is 2.17. The van der Waals surface area contributed by atoms with Gasteiger partial charge in [0, 0.05) is 18.0 Å². The zero-order chi connectivity index (χ0) is 10.1. The molecule has 0 bridgehead atoms. The predicted molar refractivity (Wildman–Crippen MR) is 62.5 cm³/mol. The maximum Gasteiger partial charge on any atom is 0.185 e. The molecule has 0 radical (unpaired) electrons. The fourth-order valence-electron chi connectivity index (χ4n) is 1.84. The second kappa shape index (κ2) is 4.07. The molecule has 78 valence electrons. The standard InChI is InChI=1S/C10H15ClN2S/c1-7-6-14-10(12-7)13-5-3-4-9(11)8(13)2/h6,8-9H,3-5H2,1-2H3. The van der Waals surface area contributed by atoms with Crippen molar-refractivity contribution in [3.8, 4) is 0 Å². The summed E-state index contributed by atoms with van der Waals surface area (Å²) in [6, 6.07) is 0.413. The van der Waals surface area contributed by atoms with Gasteiger partial charge in [-0.3, -0.25) is 0 Å². The minimum atomic E-state index is 0.271. The average molecular weight is 231 g/mol. The van der Waals surface area contributed by atoms with Gasteiger partial charge in [-0.25, -0.2) is 4.98 Å². The number of piperidine rings is 1. The molecule has 0 aliphatic carbocycles. The van der Waals surface area contributed by atoms with Crippen LogP contribution in [0.25, 0.3) is 0 Å². The van der Waals surface area contributed by atoms with Crippen LogP contribution in [0.1, 0.15) is 25.5 Å². The van der Waals surface area contributed by atoms with Crippen LogP contribution < -0.4 is 4.90 Å². The largest absolute Gasteiger partial charge is 0.344 e. The van der Waals surface area contributed by atoms with E-state index in [2.05, 4.69) is 22.2 Å². The van der Waals surface area contributed by atoms with Crippen molar-refractivity contribution in [1.29, 1.82) is 0 Å². The van der Waals surface area contributed by atoms with E-state index >= 15 is 0 Å². The normalized spacial score (nSPS) is 28.1. The van der Waals surface area contributed by atoms with E-state index in [4.69, 9.17) is 11.6 Å². The molecule has 1 aromatic heterocycles. The Bertz CT molecular complexity index is 313. The number of rotatable bonds is 1. The third-order valence-corrected chi connectivity index (χ3v) is 4.33. The molecule has 0 spiro atoms. The van der Waals surface area contributed by atoms with Crippen LogP contribution in [-0.2, 0) is 0 Å². The van der Waals surface area contributed by atoms with Gasteiger partial charge in [0.2, 0.25) is 0 Å². The van der Waals surface area contributed by atoms with E-state index in [-0.39, 0.29) is 5.38 Å². The van der Waals surface area contributed by atoms with Crippen molar-refractivity contribution in [2.75, 3.05) is 11.4 Å². The lowest BCUT2D eigenvalue weighted by molar-refractivity contribution is 0.491. The van der Waals surface area contributed by atoms with Gasteiger partial charge < -0.3 is 4.90 Å². The summed E-state index contributed by atoms with van der Waals surface area (Å²) in [7, 11) is 0. The monoisotopic (exact) mass is 230 g/mol. The molecule has 1 aliphatic rings. The van der Waals surface area contributed by atoms with E-state index in [1.807, 2.05) is 6.92 Å². The summed E-state index contributed by atoms with van der Waals surface area (Å²) in [5.41, 5.74) is 1.11. The molecule has 2 unspecified atom stereocenters. The van der Waals surface area contributed by atoms with Crippen molar-refractivity contribution in [1.82, 2.24) is 4.98 Å². The van der Waals surface area contributed by atoms with Crippen molar-refractivity contribution in [3.63, 3.8) is 0 Å². The Morgan fingerprint density at radius 3 is 3.07 bits per heavy atom. The lowest BCUT2D eigenvalue weighted by Gasteiger charge is -2.36. The van der Waals surface area contributed by atoms with Crippen LogP contribution in [0.3, 0.4) is 0 Å². The van der Waals surface area contributed by atoms with E-state index in [1.54, 1.807) is 11.3 Å². The molecular weight excluding hydrogens is 216 g/mol. The summed E-state index contributed by atoms with van der Waals surface area (Å²) < 4.78 is 0. The van der Waals surface area contributed by atoms with Gasteiger partial charge in [0.1, 0.15) is 0 Å². The molecule has 0 amide bonds. The van der Waals surface area contributed by atoms with Crippen molar-refractivity contribution in [3.05, 3.63) is 11.1 Å². The fraction of sp³-hybridized carbons (Fsp3) is 0.700. The van der Waals surface area contributed by atoms with Gasteiger partial charge in [0.05, 0.1) is 11.1 Å². The van der Waals surface area contributed by atoms with Gasteiger partial charge in [-0.15, -0.1) is 22.9 Å². The minimum absolute atomic E-state index is 0.271. The molecule has 1 aromatic rings. The van der Waals surface area contributed by atoms with Crippen LogP contribution in [0.15, 0.2) is 5.38 Å². The third kappa shape index (κ3) is 1.89. The number of hydrogen-bond acceptors (Lipinski definition) is 3. The SMILES string of the molecule is Cc1csc(N2CCCC(Cl)C2C)n1. The minimum Gasteiger partial charge on any atom is -0.344 e. The van der Waals surface area contributed by atoms with Gasteiger partial charge in [0.15, 0.2) is 5.13 Å². The van der Waals surface area contributed by atoms with Crippen LogP contribution in [0.4, 0.5) is 5.13 Å². The van der Waals surface area contributed by atoms with Gasteiger partial charge >= 0.3 is 0 Å². The van der Waals surface area contributed by atoms with Crippen molar-refractivity contribution >= 4 is 28.1 Å². The van der Waals surface area contributed by atoms with Gasteiger partial charge in [-0.1, -0.05) is 0 Å². The molecule has 0 saturated carbocycles. The summed E-state index contributed by atoms with van der Waals surface area (Å²) >= 11 is 7.97. The molecule has 2 nitrogen and oxygen atoms in total. The first-order valence-electron chi connectivity index (χ1n) is 5.01. The van der Waals surface area contributed by atoms with Crippen LogP contribution in [0, 0.1) is 6.92 Å². The summed E-state index contributed by atoms with van der Waals surface area (Å²) in [6.45, 7) is 5.32. The summed E-state index contributed by atoms with van der Waals surface area (Å²) in [5, 5.41) is 3.49. The number of alkyl halides is 1. The first kappa shape index (κ1) is 10.2. The molecule has 0 aromatic carbocycles. The molecule has 2 atom stereocenters. The molecule has 2 heterocycles. The number of thiazole rings is 1. The zero-order valence-electron chi connectivity index (χ0n) is 8.53. The molecule has 14 heavy (non-hydrogen) atoms. The number of aryl methyl sites for hydroxylation is 1. The highest BCUT2D eigenvalue weighted by Gasteiger charge is 2.27. The molecule has 1 saturated heterocycles. The molecule has 4 heteroatoms. The van der Waals surface area contributed by atoms with Gasteiger partial charge in [-0.05, 0) is 26.7 Å². The highest BCUT2D eigenvalue weighted by atomic mass is 35.5. The van der Waals surface area contributed by atoms with E-state index in [0.717, 1.165) is 23.8 Å². The van der Waals surface area contributed by atoms with Gasteiger partial charge in [-0.2, -0.15) is 0 Å². The van der Waals surface area contributed by atoms with Crippen molar-refractivity contribution in [2.24, 2.45) is 0 Å². The predicted octanol–water partition coefficient (Wildman–Crippen LogP) is 3.05. The zero-order valence-corrected chi connectivity index (χ0v) is 10.1. The quantitative estimate of drug-likeness (QED) is 0.690. The van der Waals surface area contributed by atoms with Gasteiger partial charge in [0.25, 0.3) is 0 Å². The topological polar surface area (TPSA) is 16.1 Å². The Morgan fingerprint density at radius 2 is 2.43 bits per heavy atom. The second-order valence-electron chi connectivity index (χ2n) is 3.86. The smallest absolute Gasteiger partial charge is 0.185 e. The number of nitrogens with zero attached hydrogens (tertiary/aromatic N) is 2. The Kier molecular flexibility index (Phi) is 2.98. The van der Waals surface area contributed by atoms with Crippen molar-refractivity contribution in [2.45, 2.75) is 38.1 Å². The second-order valence-corrected chi connectivity index (χ2v) is 5.26. The Labute approximate surface area is 93.9 Å². The maximum atomic E-state index is 6.25. The van der Waals surface area contributed by atoms with E-state index in [9.17, 15) is 0 Å². The molecule has 1 fully saturated rings. The van der Waals surface area contributed by atoms with Crippen LogP contribution in [0.5, 0.6) is 0 Å². The number of anilines is 1.